The van der Waals surface area contributed by atoms with Crippen LogP contribution in [-0.2, 0) is 0 Å². The van der Waals surface area contributed by atoms with Crippen LogP contribution in [0.2, 0.25) is 0 Å². The molecule has 0 spiro atoms. The Labute approximate surface area is 118 Å². The molecule has 3 heteroatoms. The molecule has 0 bridgehead atoms. The van der Waals surface area contributed by atoms with Crippen LogP contribution in [-0.4, -0.2) is 36.6 Å². The van der Waals surface area contributed by atoms with E-state index in [4.69, 9.17) is 0 Å². The highest BCUT2D eigenvalue weighted by molar-refractivity contribution is 5.16. The predicted molar refractivity (Wildman–Crippen MR) is 78.7 cm³/mol. The van der Waals surface area contributed by atoms with Crippen LogP contribution in [0.25, 0.3) is 0 Å². The average Bonchev–Trinajstić information content (AvgIpc) is 3.23. The SMILES string of the molecule is CCCNC(C#N)(CN1CCC(C)C(C)C1)C1CC1. The van der Waals surface area contributed by atoms with Crippen molar-refractivity contribution in [2.75, 3.05) is 26.2 Å². The standard InChI is InChI=1S/C16H29N3/c1-4-8-18-16(11-17,15-5-6-15)12-19-9-7-13(2)14(3)10-19/h13-15,18H,4-10,12H2,1-3H3. The van der Waals surface area contributed by atoms with Gasteiger partial charge in [-0.2, -0.15) is 5.26 Å². The first-order valence-electron chi connectivity index (χ1n) is 8.00. The molecular formula is C16H29N3. The molecule has 0 aromatic heterocycles. The van der Waals surface area contributed by atoms with Crippen LogP contribution in [0.3, 0.4) is 0 Å². The highest BCUT2D eigenvalue weighted by Crippen LogP contribution is 2.40. The number of nitriles is 1. The molecule has 1 saturated heterocycles. The molecule has 1 aliphatic heterocycles. The van der Waals surface area contributed by atoms with Gasteiger partial charge >= 0.3 is 0 Å². The van der Waals surface area contributed by atoms with E-state index in [2.05, 4.69) is 37.1 Å². The first-order chi connectivity index (χ1) is 9.11. The lowest BCUT2D eigenvalue weighted by molar-refractivity contribution is 0.108. The van der Waals surface area contributed by atoms with Gasteiger partial charge in [0.25, 0.3) is 0 Å². The van der Waals surface area contributed by atoms with Gasteiger partial charge in [-0.05, 0) is 56.5 Å². The predicted octanol–water partition coefficient (Wildman–Crippen LogP) is 2.64. The molecular weight excluding hydrogens is 234 g/mol. The molecule has 0 aromatic carbocycles. The summed E-state index contributed by atoms with van der Waals surface area (Å²) in [5.41, 5.74) is -0.281. The first-order valence-corrected chi connectivity index (χ1v) is 8.00. The largest absolute Gasteiger partial charge is 0.300 e. The molecule has 3 unspecified atom stereocenters. The summed E-state index contributed by atoms with van der Waals surface area (Å²) in [6, 6.07) is 2.63. The van der Waals surface area contributed by atoms with Crippen molar-refractivity contribution in [1.29, 1.82) is 5.26 Å². The topological polar surface area (TPSA) is 39.1 Å². The smallest absolute Gasteiger partial charge is 0.122 e. The van der Waals surface area contributed by atoms with E-state index in [-0.39, 0.29) is 5.54 Å². The third-order valence-corrected chi connectivity index (χ3v) is 5.06. The Morgan fingerprint density at radius 2 is 2.00 bits per heavy atom. The monoisotopic (exact) mass is 263 g/mol. The van der Waals surface area contributed by atoms with Crippen LogP contribution in [0.5, 0.6) is 0 Å². The quantitative estimate of drug-likeness (QED) is 0.800. The van der Waals surface area contributed by atoms with E-state index in [1.807, 2.05) is 0 Å². The molecule has 0 aromatic rings. The Bertz CT molecular complexity index is 331. The molecule has 19 heavy (non-hydrogen) atoms. The van der Waals surface area contributed by atoms with Crippen LogP contribution < -0.4 is 5.32 Å². The summed E-state index contributed by atoms with van der Waals surface area (Å²) >= 11 is 0. The fourth-order valence-corrected chi connectivity index (χ4v) is 3.27. The fraction of sp³-hybridized carbons (Fsp3) is 0.938. The molecule has 1 saturated carbocycles. The molecule has 2 aliphatic rings. The molecule has 2 rings (SSSR count). The summed E-state index contributed by atoms with van der Waals surface area (Å²) in [7, 11) is 0. The van der Waals surface area contributed by atoms with Gasteiger partial charge < -0.3 is 4.90 Å². The van der Waals surface area contributed by atoms with Crippen LogP contribution in [0.15, 0.2) is 0 Å². The number of nitrogens with one attached hydrogen (secondary N) is 1. The van der Waals surface area contributed by atoms with Gasteiger partial charge in [0.2, 0.25) is 0 Å². The maximum atomic E-state index is 9.72. The lowest BCUT2D eigenvalue weighted by Gasteiger charge is -2.40. The second-order valence-electron chi connectivity index (χ2n) is 6.76. The average molecular weight is 263 g/mol. The zero-order chi connectivity index (χ0) is 13.9. The van der Waals surface area contributed by atoms with E-state index in [1.54, 1.807) is 0 Å². The van der Waals surface area contributed by atoms with Crippen molar-refractivity contribution in [3.05, 3.63) is 0 Å². The third kappa shape index (κ3) is 3.49. The normalized spacial score (nSPS) is 31.7. The maximum Gasteiger partial charge on any atom is 0.122 e. The maximum absolute atomic E-state index is 9.72. The minimum Gasteiger partial charge on any atom is -0.300 e. The molecule has 108 valence electrons. The van der Waals surface area contributed by atoms with Crippen LogP contribution in [0.1, 0.15) is 46.5 Å². The zero-order valence-corrected chi connectivity index (χ0v) is 12.8. The molecule has 0 radical (unpaired) electrons. The highest BCUT2D eigenvalue weighted by Gasteiger charge is 2.46. The van der Waals surface area contributed by atoms with Gasteiger partial charge in [0.1, 0.15) is 5.54 Å². The van der Waals surface area contributed by atoms with Crippen LogP contribution in [0, 0.1) is 29.1 Å². The van der Waals surface area contributed by atoms with Crippen molar-refractivity contribution in [3.63, 3.8) is 0 Å². The van der Waals surface area contributed by atoms with Gasteiger partial charge in [0.05, 0.1) is 6.07 Å². The third-order valence-electron chi connectivity index (χ3n) is 5.06. The van der Waals surface area contributed by atoms with E-state index in [0.717, 1.165) is 44.4 Å². The van der Waals surface area contributed by atoms with E-state index < -0.39 is 0 Å². The summed E-state index contributed by atoms with van der Waals surface area (Å²) < 4.78 is 0. The molecule has 2 fully saturated rings. The lowest BCUT2D eigenvalue weighted by Crippen LogP contribution is -2.56. The van der Waals surface area contributed by atoms with E-state index in [1.165, 1.54) is 19.3 Å². The summed E-state index contributed by atoms with van der Waals surface area (Å²) in [4.78, 5) is 2.52. The molecule has 1 heterocycles. The van der Waals surface area contributed by atoms with Gasteiger partial charge in [-0.3, -0.25) is 5.32 Å². The minimum absolute atomic E-state index is 0.281. The van der Waals surface area contributed by atoms with E-state index in [9.17, 15) is 5.26 Å². The number of rotatable bonds is 6. The minimum atomic E-state index is -0.281. The molecule has 1 N–H and O–H groups in total. The zero-order valence-electron chi connectivity index (χ0n) is 12.8. The Kier molecular flexibility index (Phi) is 4.86. The number of hydrogen-bond acceptors (Lipinski definition) is 3. The first kappa shape index (κ1) is 14.8. The van der Waals surface area contributed by atoms with Crippen molar-refractivity contribution in [1.82, 2.24) is 10.2 Å². The number of hydrogen-bond donors (Lipinski definition) is 1. The fourth-order valence-electron chi connectivity index (χ4n) is 3.27. The summed E-state index contributed by atoms with van der Waals surface area (Å²) in [5, 5.41) is 13.3. The Hall–Kier alpha value is -0.590. The highest BCUT2D eigenvalue weighted by atomic mass is 15.2. The Morgan fingerprint density at radius 1 is 1.26 bits per heavy atom. The number of likely N-dealkylation sites (tertiary alicyclic amines) is 1. The van der Waals surface area contributed by atoms with Crippen molar-refractivity contribution in [2.24, 2.45) is 17.8 Å². The van der Waals surface area contributed by atoms with Gasteiger partial charge in [0, 0.05) is 13.1 Å². The Morgan fingerprint density at radius 3 is 2.53 bits per heavy atom. The number of piperidine rings is 1. The van der Waals surface area contributed by atoms with Crippen molar-refractivity contribution < 1.29 is 0 Å². The number of nitrogens with zero attached hydrogens (tertiary/aromatic N) is 2. The molecule has 3 nitrogen and oxygen atoms in total. The molecule has 1 aliphatic carbocycles. The Balaban J connectivity index is 1.98. The van der Waals surface area contributed by atoms with Crippen LogP contribution >= 0.6 is 0 Å². The van der Waals surface area contributed by atoms with Crippen LogP contribution in [0.4, 0.5) is 0 Å². The van der Waals surface area contributed by atoms with Gasteiger partial charge in [-0.1, -0.05) is 20.8 Å². The van der Waals surface area contributed by atoms with Gasteiger partial charge in [-0.25, -0.2) is 0 Å². The summed E-state index contributed by atoms with van der Waals surface area (Å²) in [5.74, 6) is 2.17. The molecule has 3 atom stereocenters. The van der Waals surface area contributed by atoms with E-state index in [0.29, 0.717) is 5.92 Å². The van der Waals surface area contributed by atoms with E-state index >= 15 is 0 Å². The second kappa shape index (κ2) is 6.24. The van der Waals surface area contributed by atoms with Crippen molar-refractivity contribution in [2.45, 2.75) is 52.0 Å². The summed E-state index contributed by atoms with van der Waals surface area (Å²) in [6.45, 7) is 11.1. The van der Waals surface area contributed by atoms with Crippen molar-refractivity contribution in [3.8, 4) is 6.07 Å². The molecule has 0 amide bonds. The summed E-state index contributed by atoms with van der Waals surface area (Å²) in [6.07, 6.45) is 4.83. The van der Waals surface area contributed by atoms with Crippen molar-refractivity contribution >= 4 is 0 Å². The second-order valence-corrected chi connectivity index (χ2v) is 6.76. The van der Waals surface area contributed by atoms with Gasteiger partial charge in [-0.15, -0.1) is 0 Å². The lowest BCUT2D eigenvalue weighted by atomic mass is 9.86. The van der Waals surface area contributed by atoms with Gasteiger partial charge in [0.15, 0.2) is 0 Å².